The van der Waals surface area contributed by atoms with E-state index in [1.807, 2.05) is 26.0 Å². The maximum Gasteiger partial charge on any atom is 0.331 e. The molecular weight excluding hydrogens is 252 g/mol. The molecule has 2 heterocycles. The molecule has 1 aliphatic rings. The second-order valence-corrected chi connectivity index (χ2v) is 5.73. The number of urea groups is 1. The Kier molecular flexibility index (Phi) is 3.47. The topological polar surface area (TPSA) is 66.5 Å². The van der Waals surface area contributed by atoms with E-state index >= 15 is 0 Å². The number of rotatable bonds is 3. The summed E-state index contributed by atoms with van der Waals surface area (Å²) in [6, 6.07) is 3.14. The Labute approximate surface area is 109 Å². The number of nitrogens with zero attached hydrogens (tertiary/aromatic N) is 1. The second kappa shape index (κ2) is 4.89. The first-order chi connectivity index (χ1) is 8.47. The molecule has 0 aromatic carbocycles. The smallest absolute Gasteiger partial charge is 0.277 e. The zero-order valence-electron chi connectivity index (χ0n) is 10.2. The highest BCUT2D eigenvalue weighted by molar-refractivity contribution is 7.11. The summed E-state index contributed by atoms with van der Waals surface area (Å²) < 4.78 is 0. The van der Waals surface area contributed by atoms with Gasteiger partial charge in [-0.2, -0.15) is 0 Å². The zero-order chi connectivity index (χ0) is 13.3. The fourth-order valence-corrected chi connectivity index (χ4v) is 2.99. The van der Waals surface area contributed by atoms with Gasteiger partial charge in [0.05, 0.1) is 0 Å². The fraction of sp³-hybridized carbons (Fsp3) is 0.417. The minimum atomic E-state index is -0.614. The van der Waals surface area contributed by atoms with Gasteiger partial charge in [-0.25, -0.2) is 4.79 Å². The predicted octanol–water partition coefficient (Wildman–Crippen LogP) is 1.46. The molecule has 1 atom stereocenters. The molecule has 4 amide bonds. The van der Waals surface area contributed by atoms with Crippen molar-refractivity contribution in [3.63, 3.8) is 0 Å². The van der Waals surface area contributed by atoms with Crippen LogP contribution in [0.1, 0.15) is 23.1 Å². The molecule has 1 aliphatic heterocycles. The van der Waals surface area contributed by atoms with Crippen LogP contribution in [0.4, 0.5) is 4.79 Å². The summed E-state index contributed by atoms with van der Waals surface area (Å²) in [4.78, 5) is 37.8. The molecule has 5 nitrogen and oxygen atoms in total. The van der Waals surface area contributed by atoms with Gasteiger partial charge in [0, 0.05) is 22.2 Å². The van der Waals surface area contributed by atoms with Crippen molar-refractivity contribution in [1.82, 2.24) is 10.2 Å². The first-order valence-electron chi connectivity index (χ1n) is 5.68. The summed E-state index contributed by atoms with van der Waals surface area (Å²) in [5.74, 6) is -0.954. The average molecular weight is 266 g/mol. The predicted molar refractivity (Wildman–Crippen MR) is 67.2 cm³/mol. The lowest BCUT2D eigenvalue weighted by Crippen LogP contribution is -2.56. The lowest BCUT2D eigenvalue weighted by atomic mass is 10.1. The van der Waals surface area contributed by atoms with Gasteiger partial charge in [-0.1, -0.05) is 0 Å². The Bertz CT molecular complexity index is 489. The van der Waals surface area contributed by atoms with E-state index in [-0.39, 0.29) is 12.5 Å². The van der Waals surface area contributed by atoms with Crippen molar-refractivity contribution >= 4 is 29.2 Å². The Morgan fingerprint density at radius 2 is 2.11 bits per heavy atom. The van der Waals surface area contributed by atoms with Crippen LogP contribution in [-0.4, -0.2) is 28.8 Å². The lowest BCUT2D eigenvalue weighted by molar-refractivity contribution is -0.137. The van der Waals surface area contributed by atoms with Crippen LogP contribution in [0.3, 0.4) is 0 Å². The van der Waals surface area contributed by atoms with E-state index < -0.39 is 17.8 Å². The van der Waals surface area contributed by atoms with Crippen molar-refractivity contribution in [2.75, 3.05) is 0 Å². The number of barbiturate groups is 1. The first-order valence-corrected chi connectivity index (χ1v) is 6.50. The number of imide groups is 2. The Hall–Kier alpha value is -1.69. The van der Waals surface area contributed by atoms with Crippen molar-refractivity contribution in [2.45, 2.75) is 32.7 Å². The van der Waals surface area contributed by atoms with Gasteiger partial charge in [0.15, 0.2) is 0 Å². The Morgan fingerprint density at radius 1 is 1.39 bits per heavy atom. The number of nitrogens with one attached hydrogen (secondary N) is 1. The third-order valence-corrected chi connectivity index (χ3v) is 3.80. The minimum Gasteiger partial charge on any atom is -0.277 e. The summed E-state index contributed by atoms with van der Waals surface area (Å²) in [7, 11) is 0. The van der Waals surface area contributed by atoms with E-state index in [4.69, 9.17) is 0 Å². The summed E-state index contributed by atoms with van der Waals surface area (Å²) >= 11 is 1.65. The molecule has 0 saturated carbocycles. The normalized spacial score (nSPS) is 17.9. The molecule has 1 saturated heterocycles. The van der Waals surface area contributed by atoms with Crippen LogP contribution in [-0.2, 0) is 16.0 Å². The summed E-state index contributed by atoms with van der Waals surface area (Å²) in [5, 5.41) is 2.16. The number of carbonyl (C=O) groups excluding carboxylic acids is 3. The summed E-state index contributed by atoms with van der Waals surface area (Å²) in [6.07, 6.45) is 0.366. The second-order valence-electron chi connectivity index (χ2n) is 4.36. The zero-order valence-corrected chi connectivity index (χ0v) is 11.0. The van der Waals surface area contributed by atoms with E-state index in [0.29, 0.717) is 6.42 Å². The van der Waals surface area contributed by atoms with Crippen LogP contribution in [0.25, 0.3) is 0 Å². The highest BCUT2D eigenvalue weighted by Gasteiger charge is 2.34. The first kappa shape index (κ1) is 12.8. The molecular formula is C12H14N2O3S. The van der Waals surface area contributed by atoms with Gasteiger partial charge in [0.25, 0.3) is 0 Å². The summed E-state index contributed by atoms with van der Waals surface area (Å²) in [5.41, 5.74) is 0. The molecule has 2 rings (SSSR count). The molecule has 96 valence electrons. The van der Waals surface area contributed by atoms with Crippen molar-refractivity contribution in [3.05, 3.63) is 21.9 Å². The van der Waals surface area contributed by atoms with Crippen molar-refractivity contribution < 1.29 is 14.4 Å². The lowest BCUT2D eigenvalue weighted by Gasteiger charge is -2.29. The van der Waals surface area contributed by atoms with Crippen molar-refractivity contribution in [3.8, 4) is 0 Å². The van der Waals surface area contributed by atoms with Gasteiger partial charge >= 0.3 is 6.03 Å². The van der Waals surface area contributed by atoms with E-state index in [1.165, 1.54) is 4.88 Å². The number of hydrogen-bond donors (Lipinski definition) is 1. The molecule has 0 bridgehead atoms. The number of thiophene rings is 1. The fourth-order valence-electron chi connectivity index (χ4n) is 1.98. The Balaban J connectivity index is 2.08. The third kappa shape index (κ3) is 2.59. The number of hydrogen-bond acceptors (Lipinski definition) is 4. The largest absolute Gasteiger partial charge is 0.331 e. The number of carbonyl (C=O) groups is 3. The highest BCUT2D eigenvalue weighted by atomic mass is 32.1. The van der Waals surface area contributed by atoms with Crippen LogP contribution in [0.15, 0.2) is 12.1 Å². The molecule has 0 radical (unpaired) electrons. The maximum atomic E-state index is 11.7. The third-order valence-electron chi connectivity index (χ3n) is 2.78. The average Bonchev–Trinajstić information content (AvgIpc) is 2.62. The van der Waals surface area contributed by atoms with Crippen molar-refractivity contribution in [1.29, 1.82) is 0 Å². The highest BCUT2D eigenvalue weighted by Crippen LogP contribution is 2.19. The van der Waals surface area contributed by atoms with Crippen molar-refractivity contribution in [2.24, 2.45) is 0 Å². The molecule has 1 N–H and O–H groups in total. The molecule has 1 fully saturated rings. The molecule has 0 aliphatic carbocycles. The van der Waals surface area contributed by atoms with Gasteiger partial charge in [-0.15, -0.1) is 11.3 Å². The van der Waals surface area contributed by atoms with E-state index in [2.05, 4.69) is 5.32 Å². The van der Waals surface area contributed by atoms with Crippen LogP contribution in [0.5, 0.6) is 0 Å². The van der Waals surface area contributed by atoms with Gasteiger partial charge in [-0.3, -0.25) is 19.8 Å². The van der Waals surface area contributed by atoms with Gasteiger partial charge in [-0.05, 0) is 26.0 Å². The molecule has 0 spiro atoms. The van der Waals surface area contributed by atoms with Crippen LogP contribution < -0.4 is 5.32 Å². The minimum absolute atomic E-state index is 0.247. The molecule has 1 unspecified atom stereocenters. The van der Waals surface area contributed by atoms with Gasteiger partial charge in [0.1, 0.15) is 6.42 Å². The van der Waals surface area contributed by atoms with Gasteiger partial charge in [0.2, 0.25) is 11.8 Å². The molecule has 1 aromatic heterocycles. The summed E-state index contributed by atoms with van der Waals surface area (Å²) in [6.45, 7) is 3.82. The van der Waals surface area contributed by atoms with E-state index in [0.717, 1.165) is 9.78 Å². The Morgan fingerprint density at radius 3 is 2.67 bits per heavy atom. The monoisotopic (exact) mass is 266 g/mol. The van der Waals surface area contributed by atoms with Crippen LogP contribution in [0.2, 0.25) is 0 Å². The van der Waals surface area contributed by atoms with Gasteiger partial charge < -0.3 is 0 Å². The van der Waals surface area contributed by atoms with Crippen LogP contribution >= 0.6 is 11.3 Å². The van der Waals surface area contributed by atoms with E-state index in [1.54, 1.807) is 11.3 Å². The molecule has 18 heavy (non-hydrogen) atoms. The number of aryl methyl sites for hydroxylation is 1. The molecule has 6 heteroatoms. The quantitative estimate of drug-likeness (QED) is 0.842. The number of amides is 4. The molecule has 1 aromatic rings. The van der Waals surface area contributed by atoms with E-state index in [9.17, 15) is 14.4 Å². The van der Waals surface area contributed by atoms with Crippen LogP contribution in [0, 0.1) is 6.92 Å². The SMILES string of the molecule is Cc1ccc(CC(C)N2C(=O)CC(=O)NC2=O)s1. The standard InChI is InChI=1S/C12H14N2O3S/c1-7(5-9-4-3-8(2)18-9)14-11(16)6-10(15)13-12(14)17/h3-4,7H,5-6H2,1-2H3,(H,13,15,17). The maximum absolute atomic E-state index is 11.7.